The summed E-state index contributed by atoms with van der Waals surface area (Å²) < 4.78 is 5.13. The van der Waals surface area contributed by atoms with Gasteiger partial charge < -0.3 is 4.74 Å². The average Bonchev–Trinajstić information content (AvgIpc) is 2.84. The second kappa shape index (κ2) is 4.97. The molecule has 2 rings (SSSR count). The predicted molar refractivity (Wildman–Crippen MR) is 59.9 cm³/mol. The lowest BCUT2D eigenvalue weighted by molar-refractivity contribution is 0.382. The lowest BCUT2D eigenvalue weighted by Gasteiger charge is -2.14. The van der Waals surface area contributed by atoms with Crippen molar-refractivity contribution in [3.05, 3.63) is 34.7 Å². The molecule has 6 nitrogen and oxygen atoms in total. The highest BCUT2D eigenvalue weighted by atomic mass is 32.1. The minimum absolute atomic E-state index is 0.310. The topological polar surface area (TPSA) is 86.0 Å². The summed E-state index contributed by atoms with van der Waals surface area (Å²) in [6, 6.07) is -0.310. The van der Waals surface area contributed by atoms with Gasteiger partial charge in [-0.05, 0) is 0 Å². The first-order valence-corrected chi connectivity index (χ1v) is 5.50. The Balaban J connectivity index is 2.41. The van der Waals surface area contributed by atoms with Crippen LogP contribution in [-0.4, -0.2) is 22.1 Å². The highest BCUT2D eigenvalue weighted by Gasteiger charge is 2.20. The maximum Gasteiger partial charge on any atom is 0.237 e. The third-order valence-electron chi connectivity index (χ3n) is 2.07. The Morgan fingerprint density at radius 2 is 2.19 bits per heavy atom. The number of hydrogen-bond acceptors (Lipinski definition) is 7. The van der Waals surface area contributed by atoms with Crippen LogP contribution in [0.5, 0.6) is 5.88 Å². The Morgan fingerprint density at radius 1 is 1.38 bits per heavy atom. The zero-order valence-corrected chi connectivity index (χ0v) is 9.44. The van der Waals surface area contributed by atoms with Crippen LogP contribution in [0.2, 0.25) is 0 Å². The monoisotopic (exact) mass is 237 g/mol. The second-order valence-corrected chi connectivity index (χ2v) is 3.68. The zero-order chi connectivity index (χ0) is 11.4. The zero-order valence-electron chi connectivity index (χ0n) is 8.62. The number of rotatable bonds is 4. The van der Waals surface area contributed by atoms with E-state index in [0.717, 1.165) is 5.69 Å². The van der Waals surface area contributed by atoms with Crippen LogP contribution in [-0.2, 0) is 0 Å². The molecule has 0 saturated carbocycles. The van der Waals surface area contributed by atoms with Crippen LogP contribution in [0.4, 0.5) is 0 Å². The normalized spacial score (nSPS) is 12.4. The fraction of sp³-hybridized carbons (Fsp3) is 0.222. The summed E-state index contributed by atoms with van der Waals surface area (Å²) in [4.78, 5) is 12.5. The minimum Gasteiger partial charge on any atom is -0.480 e. The summed E-state index contributed by atoms with van der Waals surface area (Å²) in [5.74, 6) is 5.95. The van der Waals surface area contributed by atoms with Gasteiger partial charge in [0.05, 0.1) is 18.3 Å². The minimum atomic E-state index is -0.310. The Kier molecular flexibility index (Phi) is 3.40. The quantitative estimate of drug-likeness (QED) is 0.594. The number of methoxy groups -OCH3 is 1. The Morgan fingerprint density at radius 3 is 2.81 bits per heavy atom. The molecule has 1 unspecified atom stereocenters. The van der Waals surface area contributed by atoms with Crippen molar-refractivity contribution < 1.29 is 4.74 Å². The maximum absolute atomic E-state index is 5.51. The van der Waals surface area contributed by atoms with Gasteiger partial charge in [0.15, 0.2) is 0 Å². The molecule has 0 aromatic carbocycles. The molecule has 16 heavy (non-hydrogen) atoms. The van der Waals surface area contributed by atoms with E-state index >= 15 is 0 Å². The number of aromatic nitrogens is 3. The molecule has 2 heterocycles. The van der Waals surface area contributed by atoms with Crippen molar-refractivity contribution in [1.82, 2.24) is 20.4 Å². The van der Waals surface area contributed by atoms with E-state index in [1.165, 1.54) is 11.3 Å². The number of ether oxygens (including phenoxy) is 1. The van der Waals surface area contributed by atoms with Crippen LogP contribution in [0.25, 0.3) is 0 Å². The molecule has 0 fully saturated rings. The van der Waals surface area contributed by atoms with Crippen molar-refractivity contribution in [3.63, 3.8) is 0 Å². The molecule has 2 aromatic rings. The smallest absolute Gasteiger partial charge is 0.237 e. The maximum atomic E-state index is 5.51. The van der Waals surface area contributed by atoms with Crippen molar-refractivity contribution in [2.45, 2.75) is 6.04 Å². The largest absolute Gasteiger partial charge is 0.480 e. The molecule has 1 atom stereocenters. The van der Waals surface area contributed by atoms with Crippen LogP contribution in [0.15, 0.2) is 23.3 Å². The van der Waals surface area contributed by atoms with Gasteiger partial charge in [-0.15, -0.1) is 11.3 Å². The van der Waals surface area contributed by atoms with Crippen molar-refractivity contribution >= 4 is 11.3 Å². The summed E-state index contributed by atoms with van der Waals surface area (Å²) in [6.45, 7) is 0. The SMILES string of the molecule is COc1nccnc1C(NN)c1cscn1. The molecule has 3 N–H and O–H groups in total. The summed E-state index contributed by atoms with van der Waals surface area (Å²) in [5, 5.41) is 1.90. The molecule has 0 saturated heterocycles. The van der Waals surface area contributed by atoms with Crippen LogP contribution in [0.1, 0.15) is 17.4 Å². The van der Waals surface area contributed by atoms with Gasteiger partial charge in [0, 0.05) is 17.8 Å². The van der Waals surface area contributed by atoms with Crippen molar-refractivity contribution in [2.24, 2.45) is 5.84 Å². The van der Waals surface area contributed by atoms with Crippen LogP contribution >= 0.6 is 11.3 Å². The lowest BCUT2D eigenvalue weighted by atomic mass is 10.1. The number of thiazole rings is 1. The molecule has 7 heteroatoms. The lowest BCUT2D eigenvalue weighted by Crippen LogP contribution is -2.30. The Hall–Kier alpha value is -1.57. The van der Waals surface area contributed by atoms with E-state index in [9.17, 15) is 0 Å². The fourth-order valence-electron chi connectivity index (χ4n) is 1.36. The van der Waals surface area contributed by atoms with Crippen molar-refractivity contribution in [2.75, 3.05) is 7.11 Å². The van der Waals surface area contributed by atoms with Gasteiger partial charge in [0.25, 0.3) is 0 Å². The molecule has 0 aliphatic carbocycles. The number of nitrogens with zero attached hydrogens (tertiary/aromatic N) is 3. The van der Waals surface area contributed by atoms with Gasteiger partial charge in [-0.3, -0.25) is 10.8 Å². The van der Waals surface area contributed by atoms with E-state index in [4.69, 9.17) is 10.6 Å². The van der Waals surface area contributed by atoms with Crippen molar-refractivity contribution in [1.29, 1.82) is 0 Å². The first kappa shape index (κ1) is 10.9. The van der Waals surface area contributed by atoms with E-state index in [1.54, 1.807) is 25.0 Å². The van der Waals surface area contributed by atoms with Gasteiger partial charge in [-0.2, -0.15) is 0 Å². The van der Waals surface area contributed by atoms with E-state index in [1.807, 2.05) is 5.38 Å². The highest BCUT2D eigenvalue weighted by Crippen LogP contribution is 2.25. The summed E-state index contributed by atoms with van der Waals surface area (Å²) in [5.41, 5.74) is 5.82. The van der Waals surface area contributed by atoms with Gasteiger partial charge in [-0.1, -0.05) is 0 Å². The molecule has 0 aliphatic heterocycles. The third kappa shape index (κ3) is 2.01. The number of hydrazine groups is 1. The van der Waals surface area contributed by atoms with Gasteiger partial charge in [-0.25, -0.2) is 15.4 Å². The van der Waals surface area contributed by atoms with E-state index in [2.05, 4.69) is 20.4 Å². The van der Waals surface area contributed by atoms with Crippen LogP contribution in [0.3, 0.4) is 0 Å². The van der Waals surface area contributed by atoms with Gasteiger partial charge in [0.1, 0.15) is 11.7 Å². The third-order valence-corrected chi connectivity index (χ3v) is 2.68. The molecule has 2 aromatic heterocycles. The summed E-state index contributed by atoms with van der Waals surface area (Å²) >= 11 is 1.50. The molecule has 0 spiro atoms. The van der Waals surface area contributed by atoms with Crippen molar-refractivity contribution in [3.8, 4) is 5.88 Å². The standard InChI is InChI=1S/C9H11N5OS/c1-15-9-8(11-2-3-12-9)7(14-10)6-4-16-5-13-6/h2-5,7,14H,10H2,1H3. The Bertz CT molecular complexity index is 447. The van der Waals surface area contributed by atoms with Crippen LogP contribution < -0.4 is 16.0 Å². The molecule has 0 aliphatic rings. The summed E-state index contributed by atoms with van der Waals surface area (Å²) in [6.07, 6.45) is 3.16. The number of nitrogens with two attached hydrogens (primary N) is 1. The van der Waals surface area contributed by atoms with E-state index in [0.29, 0.717) is 11.6 Å². The van der Waals surface area contributed by atoms with Gasteiger partial charge in [0.2, 0.25) is 5.88 Å². The molecular weight excluding hydrogens is 226 g/mol. The molecule has 84 valence electrons. The average molecular weight is 237 g/mol. The number of hydrogen-bond donors (Lipinski definition) is 2. The van der Waals surface area contributed by atoms with Crippen LogP contribution in [0, 0.1) is 0 Å². The fourth-order valence-corrected chi connectivity index (χ4v) is 1.94. The Labute approximate surface area is 96.5 Å². The molecular formula is C9H11N5OS. The van der Waals surface area contributed by atoms with E-state index in [-0.39, 0.29) is 6.04 Å². The molecule has 0 bridgehead atoms. The summed E-state index contributed by atoms with van der Waals surface area (Å²) in [7, 11) is 1.54. The van der Waals surface area contributed by atoms with Gasteiger partial charge >= 0.3 is 0 Å². The predicted octanol–water partition coefficient (Wildman–Crippen LogP) is 0.494. The number of nitrogens with one attached hydrogen (secondary N) is 1. The first-order chi connectivity index (χ1) is 7.86. The second-order valence-electron chi connectivity index (χ2n) is 2.96. The van der Waals surface area contributed by atoms with E-state index < -0.39 is 0 Å². The highest BCUT2D eigenvalue weighted by molar-refractivity contribution is 7.07. The molecule has 0 radical (unpaired) electrons. The first-order valence-electron chi connectivity index (χ1n) is 4.56. The molecule has 0 amide bonds.